The molecular weight excluding hydrogens is 1270 g/mol. The molecule has 7 saturated heterocycles. The van der Waals surface area contributed by atoms with Crippen molar-refractivity contribution in [2.45, 2.75) is 339 Å². The number of hydrogen-bond acceptors (Lipinski definition) is 34. The number of hydrogen-bond donors (Lipinski definition) is 20. The summed E-state index contributed by atoms with van der Waals surface area (Å²) in [6.07, 6.45) is -53.5. The Bertz CT molecular complexity index is 2180. The zero-order chi connectivity index (χ0) is 69.0. The second-order valence-electron chi connectivity index (χ2n) is 25.6. The lowest BCUT2D eigenvalue weighted by Crippen LogP contribution is -2.68. The van der Waals surface area contributed by atoms with E-state index in [1.54, 1.807) is 0 Å². The molecule has 7 heterocycles. The molecule has 7 fully saturated rings. The zero-order valence-electron chi connectivity index (χ0n) is 53.1. The zero-order valence-corrected chi connectivity index (χ0v) is 53.1. The van der Waals surface area contributed by atoms with Crippen LogP contribution in [-0.2, 0) is 71.1 Å². The molecule has 0 radical (unpaired) electrons. The molecule has 0 unspecified atom stereocenters. The maximum atomic E-state index is 12.0. The summed E-state index contributed by atoms with van der Waals surface area (Å²) in [6.45, 7) is 2.68. The summed E-state index contributed by atoms with van der Waals surface area (Å²) in [5.74, 6) is -0.839. The maximum absolute atomic E-state index is 12.0. The van der Waals surface area contributed by atoms with Crippen LogP contribution in [0.3, 0.4) is 0 Å². The van der Waals surface area contributed by atoms with Gasteiger partial charge in [-0.25, -0.2) is 0 Å². The molecular formula is C59H104O35. The fourth-order valence-electron chi connectivity index (χ4n) is 12.5. The number of rotatable bonds is 33. The number of carboxylic acids is 1. The lowest BCUT2D eigenvalue weighted by Gasteiger charge is -2.50. The number of ether oxygens (including phenoxy) is 14. The third-order valence-electron chi connectivity index (χ3n) is 18.5. The van der Waals surface area contributed by atoms with Crippen LogP contribution in [0.1, 0.15) is 118 Å². The predicted octanol–water partition coefficient (Wildman–Crippen LogP) is -7.23. The first-order valence-electron chi connectivity index (χ1n) is 32.7. The fraction of sp³-hybridized carbons (Fsp3) is 0.983. The van der Waals surface area contributed by atoms with Gasteiger partial charge in [-0.2, -0.15) is 0 Å². The van der Waals surface area contributed by atoms with Crippen molar-refractivity contribution in [3.05, 3.63) is 0 Å². The second kappa shape index (κ2) is 37.2. The average molecular weight is 1370 g/mol. The minimum atomic E-state index is -2.22. The molecule has 0 bridgehead atoms. The maximum Gasteiger partial charge on any atom is 0.303 e. The highest BCUT2D eigenvalue weighted by molar-refractivity contribution is 5.66. The van der Waals surface area contributed by atoms with E-state index in [-0.39, 0.29) is 6.42 Å². The molecule has 0 aliphatic carbocycles. The SMILES string of the molecule is CCCCCC[C@@H](CCCCCCCCCC(=O)O)O[C@@H]1O[C@H](C)[C@H](O)[C@H](O)[C@H]1O[C@@H]1O[C@H](CO)[C@@H](O)[C@H](O[C@@H]2O[C@H](CO[C@@H]3O[C@H](CO)[C@@H](O[C@@H]4O[C@H](CO[C@@H]5O[C@H](C)[C@H](O)[C@H](O)[C@H]5O)[C@@H](O)[C@H](O)[C@H]4O)[C@H](O)[C@H]3O)[C@@H](O)[C@H](O)[C@H]2O)[C@H]1O[C@@H]1O[C@@H](C)[C@H](O)[C@@H](O)[C@H]1O. The molecule has 36 atom stereocenters. The molecule has 0 aromatic carbocycles. The van der Waals surface area contributed by atoms with Gasteiger partial charge in [-0.3, -0.25) is 4.79 Å². The normalized spacial score (nSPS) is 46.7. The summed E-state index contributed by atoms with van der Waals surface area (Å²) >= 11 is 0. The van der Waals surface area contributed by atoms with Crippen LogP contribution in [0, 0.1) is 0 Å². The molecule has 7 aliphatic rings. The van der Waals surface area contributed by atoms with Crippen LogP contribution < -0.4 is 0 Å². The fourth-order valence-corrected chi connectivity index (χ4v) is 12.5. The van der Waals surface area contributed by atoms with Gasteiger partial charge < -0.3 is 168 Å². The summed E-state index contributed by atoms with van der Waals surface area (Å²) < 4.78 is 83.3. The summed E-state index contributed by atoms with van der Waals surface area (Å²) in [6, 6.07) is 0. The molecule has 0 aromatic rings. The van der Waals surface area contributed by atoms with E-state index in [2.05, 4.69) is 6.92 Å². The molecule has 20 N–H and O–H groups in total. The Morgan fingerprint density at radius 1 is 0.340 bits per heavy atom. The predicted molar refractivity (Wildman–Crippen MR) is 308 cm³/mol. The second-order valence-corrected chi connectivity index (χ2v) is 25.6. The van der Waals surface area contributed by atoms with Crippen LogP contribution in [-0.4, -0.2) is 356 Å². The lowest BCUT2D eigenvalue weighted by molar-refractivity contribution is -0.410. The van der Waals surface area contributed by atoms with Crippen LogP contribution in [0.5, 0.6) is 0 Å². The summed E-state index contributed by atoms with van der Waals surface area (Å²) in [7, 11) is 0. The van der Waals surface area contributed by atoms with Crippen molar-refractivity contribution in [3.8, 4) is 0 Å². The van der Waals surface area contributed by atoms with E-state index in [4.69, 9.17) is 71.4 Å². The van der Waals surface area contributed by atoms with Crippen molar-refractivity contribution in [3.63, 3.8) is 0 Å². The van der Waals surface area contributed by atoms with Gasteiger partial charge in [-0.1, -0.05) is 71.1 Å². The molecule has 35 nitrogen and oxygen atoms in total. The minimum absolute atomic E-state index is 0.110. The van der Waals surface area contributed by atoms with Crippen LogP contribution in [0.15, 0.2) is 0 Å². The van der Waals surface area contributed by atoms with Gasteiger partial charge in [0.05, 0.1) is 50.8 Å². The molecule has 35 heteroatoms. The van der Waals surface area contributed by atoms with Gasteiger partial charge in [0.2, 0.25) is 0 Å². The highest BCUT2D eigenvalue weighted by Gasteiger charge is 2.58. The number of unbranched alkanes of at least 4 members (excludes halogenated alkanes) is 9. The first-order valence-corrected chi connectivity index (χ1v) is 32.7. The quantitative estimate of drug-likeness (QED) is 0.0272. The Balaban J connectivity index is 1.06. The molecule has 94 heavy (non-hydrogen) atoms. The first kappa shape index (κ1) is 79.5. The van der Waals surface area contributed by atoms with E-state index in [1.807, 2.05) is 0 Å². The monoisotopic (exact) mass is 1370 g/mol. The molecule has 7 aliphatic heterocycles. The summed E-state index contributed by atoms with van der Waals surface area (Å²) in [4.78, 5) is 10.9. The number of carbonyl (C=O) groups is 1. The van der Waals surface area contributed by atoms with E-state index in [0.29, 0.717) is 19.3 Å². The van der Waals surface area contributed by atoms with Crippen molar-refractivity contribution >= 4 is 5.97 Å². The molecule has 0 spiro atoms. The Morgan fingerprint density at radius 3 is 1.21 bits per heavy atom. The van der Waals surface area contributed by atoms with Crippen LogP contribution in [0.25, 0.3) is 0 Å². The first-order chi connectivity index (χ1) is 44.6. The Morgan fingerprint density at radius 2 is 0.702 bits per heavy atom. The van der Waals surface area contributed by atoms with Crippen molar-refractivity contribution in [1.29, 1.82) is 0 Å². The van der Waals surface area contributed by atoms with Crippen molar-refractivity contribution in [1.82, 2.24) is 0 Å². The summed E-state index contributed by atoms with van der Waals surface area (Å²) in [5, 5.41) is 218. The highest BCUT2D eigenvalue weighted by atomic mass is 16.8. The van der Waals surface area contributed by atoms with Gasteiger partial charge in [0.15, 0.2) is 44.0 Å². The van der Waals surface area contributed by atoms with E-state index in [9.17, 15) is 102 Å². The van der Waals surface area contributed by atoms with Crippen molar-refractivity contribution < 1.29 is 173 Å². The van der Waals surface area contributed by atoms with E-state index < -0.39 is 253 Å². The minimum Gasteiger partial charge on any atom is -0.481 e. The van der Waals surface area contributed by atoms with Gasteiger partial charge in [0.1, 0.15) is 153 Å². The molecule has 0 aromatic heterocycles. The van der Waals surface area contributed by atoms with Crippen molar-refractivity contribution in [2.24, 2.45) is 0 Å². The Labute approximate surface area is 543 Å². The van der Waals surface area contributed by atoms with E-state index in [0.717, 1.165) is 64.2 Å². The average Bonchev–Trinajstić information content (AvgIpc) is 0.774. The van der Waals surface area contributed by atoms with E-state index >= 15 is 0 Å². The number of aliphatic hydroxyl groups excluding tert-OH is 19. The highest BCUT2D eigenvalue weighted by Crippen LogP contribution is 2.38. The topological polar surface area (TPSA) is 551 Å². The van der Waals surface area contributed by atoms with E-state index in [1.165, 1.54) is 20.8 Å². The smallest absolute Gasteiger partial charge is 0.303 e. The molecule has 0 amide bonds. The largest absolute Gasteiger partial charge is 0.481 e. The Hall–Kier alpha value is -1.85. The number of aliphatic carboxylic acids is 1. The molecule has 0 saturated carbocycles. The Kier molecular flexibility index (Phi) is 31.4. The third-order valence-corrected chi connectivity index (χ3v) is 18.5. The number of carboxylic acid groups (broad SMARTS) is 1. The van der Waals surface area contributed by atoms with Gasteiger partial charge >= 0.3 is 5.97 Å². The lowest BCUT2D eigenvalue weighted by atomic mass is 9.95. The van der Waals surface area contributed by atoms with Gasteiger partial charge in [0, 0.05) is 6.42 Å². The van der Waals surface area contributed by atoms with Gasteiger partial charge in [-0.15, -0.1) is 0 Å². The standard InChI is InChI=1S/C59H104O35/c1-5-6-7-13-16-26(17-14-11-9-8-10-12-15-18-31(62)63)86-58-51(42(74)34(66)25(4)85-58)93-59-52(94-55-45(77)39(71)33(65)24(3)84-55)50(37(69)27(19-60)87-59)92-57-47(79)41(73)36(68)30(90-57)22-82-54-48(80)43(75)49(28(20-61)88-54)91-56-46(78)40(72)35(67)29(89-56)21-81-53-44(76)38(70)32(64)23(2)83-53/h23-30,32-61,64-80H,5-22H2,1-4H3,(H,62,63)/t23-,24+,25-,26+,27-,28-,29-,30-,32+,33+,34+,35-,36-,37-,38+,39-,40+,41+,42+,43-,44-,45-,46-,47-,48-,49-,50+,51-,52-,53-,54-,55+,56+,57+,58+,59+/m1/s1. The van der Waals surface area contributed by atoms with Crippen LogP contribution in [0.2, 0.25) is 0 Å². The van der Waals surface area contributed by atoms with Crippen LogP contribution in [0.4, 0.5) is 0 Å². The van der Waals surface area contributed by atoms with Gasteiger partial charge in [0.25, 0.3) is 0 Å². The van der Waals surface area contributed by atoms with Gasteiger partial charge in [-0.05, 0) is 40.0 Å². The third kappa shape index (κ3) is 19.8. The van der Waals surface area contributed by atoms with Crippen molar-refractivity contribution in [2.75, 3.05) is 26.4 Å². The number of aliphatic hydroxyl groups is 19. The van der Waals surface area contributed by atoms with Crippen LogP contribution >= 0.6 is 0 Å². The molecule has 550 valence electrons. The summed E-state index contributed by atoms with van der Waals surface area (Å²) in [5.41, 5.74) is 0. The molecule has 7 rings (SSSR count).